The molecule has 8 heteroatoms. The van der Waals surface area contributed by atoms with Gasteiger partial charge in [-0.1, -0.05) is 12.1 Å². The maximum Gasteiger partial charge on any atom is 0.677 e. The summed E-state index contributed by atoms with van der Waals surface area (Å²) in [7, 11) is 1.28. The van der Waals surface area contributed by atoms with Crippen molar-refractivity contribution in [3.8, 4) is 0 Å². The smallest absolute Gasteiger partial charge is 0.489 e. The maximum atomic E-state index is 13.5. The third-order valence-corrected chi connectivity index (χ3v) is 4.73. The largest absolute Gasteiger partial charge is 0.677 e. The van der Waals surface area contributed by atoms with Gasteiger partial charge in [-0.05, 0) is 43.7 Å². The normalized spacial score (nSPS) is 14.8. The maximum absolute atomic E-state index is 13.5. The fraction of sp³-hybridized carbons (Fsp3) is 0.286. The zero-order valence-electron chi connectivity index (χ0n) is 17.0. The van der Waals surface area contributed by atoms with Gasteiger partial charge >= 0.3 is 7.40 Å². The zero-order valence-corrected chi connectivity index (χ0v) is 17.0. The van der Waals surface area contributed by atoms with Crippen LogP contribution in [0.2, 0.25) is 0 Å². The van der Waals surface area contributed by atoms with E-state index in [1.165, 1.54) is 0 Å². The van der Waals surface area contributed by atoms with E-state index in [-0.39, 0.29) is 13.2 Å². The van der Waals surface area contributed by atoms with E-state index in [2.05, 4.69) is 4.99 Å². The van der Waals surface area contributed by atoms with Crippen LogP contribution in [0, 0.1) is 13.8 Å². The van der Waals surface area contributed by atoms with Gasteiger partial charge < -0.3 is 19.2 Å². The molecule has 0 unspecified atom stereocenters. The van der Waals surface area contributed by atoms with Crippen molar-refractivity contribution in [1.29, 1.82) is 0 Å². The van der Waals surface area contributed by atoms with Crippen molar-refractivity contribution in [2.24, 2.45) is 4.99 Å². The molecule has 0 saturated carbocycles. The van der Waals surface area contributed by atoms with E-state index in [0.29, 0.717) is 28.6 Å². The number of allylic oxidation sites excluding steroid dienone is 1. The van der Waals surface area contributed by atoms with Crippen molar-refractivity contribution < 1.29 is 18.5 Å². The van der Waals surface area contributed by atoms with Gasteiger partial charge in [0, 0.05) is 42.8 Å². The second-order valence-electron chi connectivity index (χ2n) is 7.05. The lowest BCUT2D eigenvalue weighted by molar-refractivity contribution is 0.150. The Hall–Kier alpha value is -2.87. The van der Waals surface area contributed by atoms with Gasteiger partial charge in [0.1, 0.15) is 18.1 Å². The minimum Gasteiger partial charge on any atom is -0.489 e. The molecule has 152 valence electrons. The summed E-state index contributed by atoms with van der Waals surface area (Å²) in [5.74, 6) is 0.449. The number of aliphatic hydroxyl groups is 1. The Labute approximate surface area is 169 Å². The predicted octanol–water partition coefficient (Wildman–Crippen LogP) is 3.68. The summed E-state index contributed by atoms with van der Waals surface area (Å²) >= 11 is 0. The number of ether oxygens (including phenoxy) is 1. The predicted molar refractivity (Wildman–Crippen MR) is 114 cm³/mol. The van der Waals surface area contributed by atoms with E-state index in [1.807, 2.05) is 43.3 Å². The molecule has 0 atom stereocenters. The molecule has 0 amide bonds. The van der Waals surface area contributed by atoms with Crippen molar-refractivity contribution in [2.45, 2.75) is 13.8 Å². The van der Waals surface area contributed by atoms with Crippen LogP contribution in [-0.4, -0.2) is 50.0 Å². The highest BCUT2D eigenvalue weighted by Gasteiger charge is 2.25. The minimum atomic E-state index is -2.65. The molecule has 1 aliphatic rings. The van der Waals surface area contributed by atoms with Gasteiger partial charge in [-0.25, -0.2) is 4.99 Å². The molecule has 0 saturated heterocycles. The number of rotatable bonds is 7. The topological polar surface area (TPSA) is 50.0 Å². The van der Waals surface area contributed by atoms with E-state index in [1.54, 1.807) is 32.1 Å². The number of aromatic nitrogens is 1. The van der Waals surface area contributed by atoms with Crippen LogP contribution in [-0.2, 0) is 4.74 Å². The number of nitrogens with zero attached hydrogens (tertiary/aromatic N) is 3. The van der Waals surface area contributed by atoms with Gasteiger partial charge in [-0.15, -0.1) is 0 Å². The third kappa shape index (κ3) is 4.43. The first kappa shape index (κ1) is 20.9. The third-order valence-electron chi connectivity index (χ3n) is 4.73. The Kier molecular flexibility index (Phi) is 6.22. The Morgan fingerprint density at radius 3 is 2.48 bits per heavy atom. The molecular formula is C21H24BF2N3O2. The van der Waals surface area contributed by atoms with Gasteiger partial charge in [0.05, 0.1) is 12.3 Å². The fourth-order valence-electron chi connectivity index (χ4n) is 3.28. The summed E-state index contributed by atoms with van der Waals surface area (Å²) in [5, 5.41) is 9.12. The number of aliphatic hydroxyl groups excluding tert-OH is 1. The van der Waals surface area contributed by atoms with Crippen molar-refractivity contribution in [1.82, 2.24) is 4.48 Å². The summed E-state index contributed by atoms with van der Waals surface area (Å²) in [6.45, 7) is 3.38. The zero-order chi connectivity index (χ0) is 21.1. The number of halogens is 2. The molecule has 0 radical (unpaired) electrons. The molecule has 29 heavy (non-hydrogen) atoms. The van der Waals surface area contributed by atoms with Crippen LogP contribution in [0.25, 0.3) is 6.08 Å². The second-order valence-corrected chi connectivity index (χ2v) is 7.05. The monoisotopic (exact) mass is 399 g/mol. The Morgan fingerprint density at radius 1 is 1.21 bits per heavy atom. The highest BCUT2D eigenvalue weighted by molar-refractivity contribution is 6.41. The first-order valence-corrected chi connectivity index (χ1v) is 9.32. The second kappa shape index (κ2) is 8.65. The van der Waals surface area contributed by atoms with Gasteiger partial charge in [-0.2, -0.15) is 0 Å². The number of anilines is 1. The van der Waals surface area contributed by atoms with Gasteiger partial charge in [-0.3, -0.25) is 8.63 Å². The molecule has 0 spiro atoms. The number of aliphatic imine (C=N–C) groups is 1. The number of aryl methyl sites for hydroxylation is 2. The SMILES string of the molecule is Cc1cc(C)n(B(F)F)c1/C=C1\N=C(c2ccc(N(C)C)cc2)C=C1OCCO. The number of benzene rings is 1. The first-order valence-electron chi connectivity index (χ1n) is 9.32. The van der Waals surface area contributed by atoms with E-state index in [9.17, 15) is 8.63 Å². The molecule has 2 heterocycles. The van der Waals surface area contributed by atoms with Crippen LogP contribution in [0.4, 0.5) is 14.3 Å². The fourth-order valence-corrected chi connectivity index (χ4v) is 3.28. The highest BCUT2D eigenvalue weighted by Crippen LogP contribution is 2.28. The summed E-state index contributed by atoms with van der Waals surface area (Å²) in [4.78, 5) is 6.62. The van der Waals surface area contributed by atoms with Gasteiger partial charge in [0.15, 0.2) is 0 Å². The summed E-state index contributed by atoms with van der Waals surface area (Å²) < 4.78 is 33.7. The lowest BCUT2D eigenvalue weighted by Crippen LogP contribution is -2.16. The van der Waals surface area contributed by atoms with Crippen LogP contribution >= 0.6 is 0 Å². The van der Waals surface area contributed by atoms with Gasteiger partial charge in [0.25, 0.3) is 0 Å². The molecule has 1 aromatic carbocycles. The Morgan fingerprint density at radius 2 is 1.90 bits per heavy atom. The molecule has 1 aliphatic heterocycles. The molecule has 2 aromatic rings. The Bertz CT molecular complexity index is 977. The minimum absolute atomic E-state index is 0.0966. The molecule has 1 aromatic heterocycles. The van der Waals surface area contributed by atoms with Crippen LogP contribution in [0.15, 0.2) is 52.9 Å². The van der Waals surface area contributed by atoms with Crippen molar-refractivity contribution in [3.63, 3.8) is 0 Å². The molecule has 0 aliphatic carbocycles. The highest BCUT2D eigenvalue weighted by atomic mass is 19.2. The van der Waals surface area contributed by atoms with Crippen LogP contribution < -0.4 is 4.90 Å². The van der Waals surface area contributed by atoms with Crippen LogP contribution in [0.1, 0.15) is 22.5 Å². The quantitative estimate of drug-likeness (QED) is 0.723. The van der Waals surface area contributed by atoms with Crippen molar-refractivity contribution in [2.75, 3.05) is 32.2 Å². The average Bonchev–Trinajstić information content (AvgIpc) is 3.20. The van der Waals surface area contributed by atoms with E-state index >= 15 is 0 Å². The van der Waals surface area contributed by atoms with E-state index < -0.39 is 7.40 Å². The average molecular weight is 399 g/mol. The first-order chi connectivity index (χ1) is 13.8. The summed E-state index contributed by atoms with van der Waals surface area (Å²) in [6, 6.07) is 9.59. The van der Waals surface area contributed by atoms with Crippen LogP contribution in [0.5, 0.6) is 0 Å². The van der Waals surface area contributed by atoms with Crippen LogP contribution in [0.3, 0.4) is 0 Å². The lowest BCUT2D eigenvalue weighted by atomic mass is 10.1. The van der Waals surface area contributed by atoms with E-state index in [4.69, 9.17) is 9.84 Å². The number of hydrogen-bond acceptors (Lipinski definition) is 4. The number of hydrogen-bond donors (Lipinski definition) is 1. The lowest BCUT2D eigenvalue weighted by Gasteiger charge is -2.12. The molecule has 0 bridgehead atoms. The molecule has 1 N–H and O–H groups in total. The molecular weight excluding hydrogens is 375 g/mol. The summed E-state index contributed by atoms with van der Waals surface area (Å²) in [6.07, 6.45) is 3.38. The summed E-state index contributed by atoms with van der Waals surface area (Å²) in [5.41, 5.74) is 4.68. The molecule has 5 nitrogen and oxygen atoms in total. The molecule has 3 rings (SSSR count). The Balaban J connectivity index is 2.03. The van der Waals surface area contributed by atoms with E-state index in [0.717, 1.165) is 21.3 Å². The molecule has 0 fully saturated rings. The van der Waals surface area contributed by atoms with Crippen molar-refractivity contribution >= 4 is 24.9 Å². The van der Waals surface area contributed by atoms with Gasteiger partial charge in [0.2, 0.25) is 0 Å². The van der Waals surface area contributed by atoms with Crippen molar-refractivity contribution in [3.05, 3.63) is 70.4 Å². The standard InChI is InChI=1S/C21H24BF2N3O2/c1-14-11-15(2)27(22(23)24)20(14)12-19-21(29-10-9-28)13-18(25-19)16-5-7-17(8-6-16)26(3)4/h5-8,11-13,28H,9-10H2,1-4H3/b19-12-.